The standard InChI is InChI=1S/C9H13N3O/c1-2-12-7-5-3-4-6(8(7)10)9(11)13/h3-5,12H,2,10H2,1H3,(H2,11,13). The zero-order valence-corrected chi connectivity index (χ0v) is 7.50. The molecule has 0 atom stereocenters. The summed E-state index contributed by atoms with van der Waals surface area (Å²) in [6.07, 6.45) is 0. The van der Waals surface area contributed by atoms with E-state index in [9.17, 15) is 4.79 Å². The summed E-state index contributed by atoms with van der Waals surface area (Å²) in [5.74, 6) is -0.503. The lowest BCUT2D eigenvalue weighted by Crippen LogP contribution is -2.14. The summed E-state index contributed by atoms with van der Waals surface area (Å²) in [6.45, 7) is 2.71. The molecule has 4 nitrogen and oxygen atoms in total. The van der Waals surface area contributed by atoms with Crippen molar-refractivity contribution in [1.29, 1.82) is 0 Å². The summed E-state index contributed by atoms with van der Waals surface area (Å²) in [4.78, 5) is 10.9. The van der Waals surface area contributed by atoms with E-state index in [1.165, 1.54) is 0 Å². The van der Waals surface area contributed by atoms with Crippen molar-refractivity contribution in [2.75, 3.05) is 17.6 Å². The molecule has 70 valence electrons. The van der Waals surface area contributed by atoms with Crippen LogP contribution < -0.4 is 16.8 Å². The van der Waals surface area contributed by atoms with Gasteiger partial charge >= 0.3 is 0 Å². The summed E-state index contributed by atoms with van der Waals surface area (Å²) < 4.78 is 0. The zero-order valence-electron chi connectivity index (χ0n) is 7.50. The van der Waals surface area contributed by atoms with E-state index in [0.717, 1.165) is 12.2 Å². The van der Waals surface area contributed by atoms with Gasteiger partial charge in [0, 0.05) is 6.54 Å². The van der Waals surface area contributed by atoms with Crippen molar-refractivity contribution in [3.05, 3.63) is 23.8 Å². The van der Waals surface area contributed by atoms with Crippen molar-refractivity contribution in [3.63, 3.8) is 0 Å². The molecule has 0 aromatic heterocycles. The number of para-hydroxylation sites is 1. The van der Waals surface area contributed by atoms with E-state index in [0.29, 0.717) is 11.3 Å². The lowest BCUT2D eigenvalue weighted by molar-refractivity contribution is 0.100. The highest BCUT2D eigenvalue weighted by Gasteiger charge is 2.07. The summed E-state index contributed by atoms with van der Waals surface area (Å²) in [6, 6.07) is 5.16. The first-order valence-electron chi connectivity index (χ1n) is 4.09. The van der Waals surface area contributed by atoms with Crippen molar-refractivity contribution >= 4 is 17.3 Å². The van der Waals surface area contributed by atoms with Crippen LogP contribution in [0, 0.1) is 0 Å². The highest BCUT2D eigenvalue weighted by Crippen LogP contribution is 2.21. The maximum atomic E-state index is 10.9. The van der Waals surface area contributed by atoms with Crippen LogP contribution in [0.3, 0.4) is 0 Å². The second kappa shape index (κ2) is 3.80. The van der Waals surface area contributed by atoms with Gasteiger partial charge < -0.3 is 16.8 Å². The number of hydrogen-bond donors (Lipinski definition) is 3. The van der Waals surface area contributed by atoms with Gasteiger partial charge in [-0.05, 0) is 19.1 Å². The Kier molecular flexibility index (Phi) is 2.74. The lowest BCUT2D eigenvalue weighted by atomic mass is 10.1. The third kappa shape index (κ3) is 1.90. The molecule has 1 aromatic carbocycles. The van der Waals surface area contributed by atoms with Crippen molar-refractivity contribution in [2.24, 2.45) is 5.73 Å². The molecular formula is C9H13N3O. The van der Waals surface area contributed by atoms with Gasteiger partial charge in [0.25, 0.3) is 5.91 Å². The van der Waals surface area contributed by atoms with Crippen molar-refractivity contribution in [1.82, 2.24) is 0 Å². The molecule has 0 aliphatic rings. The van der Waals surface area contributed by atoms with E-state index >= 15 is 0 Å². The van der Waals surface area contributed by atoms with Gasteiger partial charge in [0.15, 0.2) is 0 Å². The number of primary amides is 1. The number of carbonyl (C=O) groups is 1. The molecule has 0 bridgehead atoms. The van der Waals surface area contributed by atoms with Crippen molar-refractivity contribution in [2.45, 2.75) is 6.92 Å². The SMILES string of the molecule is CCNc1cccc(C(N)=O)c1N. The first kappa shape index (κ1) is 9.38. The van der Waals surface area contributed by atoms with Gasteiger partial charge in [0.1, 0.15) is 0 Å². The summed E-state index contributed by atoms with van der Waals surface area (Å²) >= 11 is 0. The minimum absolute atomic E-state index is 0.360. The van der Waals surface area contributed by atoms with E-state index in [1.54, 1.807) is 12.1 Å². The van der Waals surface area contributed by atoms with Crippen molar-refractivity contribution < 1.29 is 4.79 Å². The van der Waals surface area contributed by atoms with Gasteiger partial charge in [0.2, 0.25) is 0 Å². The third-order valence-corrected chi connectivity index (χ3v) is 1.74. The fourth-order valence-electron chi connectivity index (χ4n) is 1.12. The van der Waals surface area contributed by atoms with E-state index in [4.69, 9.17) is 11.5 Å². The van der Waals surface area contributed by atoms with Crippen LogP contribution in [0.15, 0.2) is 18.2 Å². The number of nitrogen functional groups attached to an aromatic ring is 1. The molecule has 0 unspecified atom stereocenters. The summed E-state index contributed by atoms with van der Waals surface area (Å²) in [5, 5.41) is 3.04. The van der Waals surface area contributed by atoms with Crippen LogP contribution in [0.2, 0.25) is 0 Å². The number of nitrogens with one attached hydrogen (secondary N) is 1. The van der Waals surface area contributed by atoms with E-state index in [2.05, 4.69) is 5.32 Å². The molecule has 0 heterocycles. The lowest BCUT2D eigenvalue weighted by Gasteiger charge is -2.09. The number of amides is 1. The molecule has 1 amide bonds. The first-order chi connectivity index (χ1) is 6.16. The Morgan fingerprint density at radius 2 is 2.23 bits per heavy atom. The molecule has 4 heteroatoms. The molecule has 0 saturated carbocycles. The van der Waals surface area contributed by atoms with Crippen LogP contribution >= 0.6 is 0 Å². The number of nitrogens with two attached hydrogens (primary N) is 2. The van der Waals surface area contributed by atoms with Crippen LogP contribution in [0.25, 0.3) is 0 Å². The quantitative estimate of drug-likeness (QED) is 0.600. The average molecular weight is 179 g/mol. The summed E-state index contributed by atoms with van der Waals surface area (Å²) in [7, 11) is 0. The molecule has 1 rings (SSSR count). The molecule has 0 spiro atoms. The Bertz CT molecular complexity index is 323. The van der Waals surface area contributed by atoms with Gasteiger partial charge in [0.05, 0.1) is 16.9 Å². The van der Waals surface area contributed by atoms with Gasteiger partial charge in [-0.3, -0.25) is 4.79 Å². The monoisotopic (exact) mass is 179 g/mol. The Labute approximate surface area is 76.9 Å². The van der Waals surface area contributed by atoms with Crippen LogP contribution in [0.1, 0.15) is 17.3 Å². The van der Waals surface area contributed by atoms with Crippen LogP contribution in [0.4, 0.5) is 11.4 Å². The highest BCUT2D eigenvalue weighted by molar-refractivity contribution is 6.00. The number of carbonyl (C=O) groups excluding carboxylic acids is 1. The summed E-state index contributed by atoms with van der Waals surface area (Å²) in [5.41, 5.74) is 12.4. The maximum Gasteiger partial charge on any atom is 0.250 e. The zero-order chi connectivity index (χ0) is 9.84. The number of benzene rings is 1. The van der Waals surface area contributed by atoms with Gasteiger partial charge in [-0.25, -0.2) is 0 Å². The molecule has 0 fully saturated rings. The minimum Gasteiger partial charge on any atom is -0.396 e. The fraction of sp³-hybridized carbons (Fsp3) is 0.222. The van der Waals surface area contributed by atoms with E-state index in [-0.39, 0.29) is 0 Å². The Morgan fingerprint density at radius 1 is 1.54 bits per heavy atom. The van der Waals surface area contributed by atoms with Crippen LogP contribution in [0.5, 0.6) is 0 Å². The Balaban J connectivity index is 3.10. The Morgan fingerprint density at radius 3 is 2.77 bits per heavy atom. The predicted molar refractivity (Wildman–Crippen MR) is 53.5 cm³/mol. The van der Waals surface area contributed by atoms with Gasteiger partial charge in [-0.2, -0.15) is 0 Å². The first-order valence-corrected chi connectivity index (χ1v) is 4.09. The van der Waals surface area contributed by atoms with E-state index in [1.807, 2.05) is 13.0 Å². The second-order valence-electron chi connectivity index (χ2n) is 2.66. The molecular weight excluding hydrogens is 166 g/mol. The predicted octanol–water partition coefficient (Wildman–Crippen LogP) is 0.799. The fourth-order valence-corrected chi connectivity index (χ4v) is 1.12. The smallest absolute Gasteiger partial charge is 0.250 e. The molecule has 0 aliphatic heterocycles. The van der Waals surface area contributed by atoms with E-state index < -0.39 is 5.91 Å². The molecule has 13 heavy (non-hydrogen) atoms. The Hall–Kier alpha value is -1.71. The number of rotatable bonds is 3. The second-order valence-corrected chi connectivity index (χ2v) is 2.66. The molecule has 0 radical (unpaired) electrons. The topological polar surface area (TPSA) is 81.1 Å². The molecule has 0 aliphatic carbocycles. The normalized spacial score (nSPS) is 9.62. The van der Waals surface area contributed by atoms with Crippen LogP contribution in [-0.2, 0) is 0 Å². The molecule has 5 N–H and O–H groups in total. The van der Waals surface area contributed by atoms with Crippen LogP contribution in [-0.4, -0.2) is 12.5 Å². The molecule has 1 aromatic rings. The van der Waals surface area contributed by atoms with Crippen molar-refractivity contribution in [3.8, 4) is 0 Å². The maximum absolute atomic E-state index is 10.9. The number of hydrogen-bond acceptors (Lipinski definition) is 3. The third-order valence-electron chi connectivity index (χ3n) is 1.74. The highest BCUT2D eigenvalue weighted by atomic mass is 16.1. The van der Waals surface area contributed by atoms with Gasteiger partial charge in [-0.15, -0.1) is 0 Å². The number of anilines is 2. The average Bonchev–Trinajstić information content (AvgIpc) is 2.08. The minimum atomic E-state index is -0.503. The van der Waals surface area contributed by atoms with Gasteiger partial charge in [-0.1, -0.05) is 6.07 Å². The largest absolute Gasteiger partial charge is 0.396 e. The molecule has 0 saturated heterocycles.